The fourth-order valence-electron chi connectivity index (χ4n) is 5.28. The van der Waals surface area contributed by atoms with E-state index in [1.54, 1.807) is 0 Å². The number of para-hydroxylation sites is 1. The van der Waals surface area contributed by atoms with Crippen molar-refractivity contribution in [3.63, 3.8) is 0 Å². The molecule has 0 spiro atoms. The first-order valence-electron chi connectivity index (χ1n) is 12.9. The molecule has 0 aliphatic carbocycles. The van der Waals surface area contributed by atoms with Gasteiger partial charge < -0.3 is 20.1 Å². The van der Waals surface area contributed by atoms with E-state index in [-0.39, 0.29) is 22.1 Å². The number of carbonyl (C=O) groups is 3. The molecule has 1 saturated heterocycles. The largest absolute Gasteiger partial charge is 0.508 e. The van der Waals surface area contributed by atoms with Crippen LogP contribution in [0, 0.1) is 5.92 Å². The van der Waals surface area contributed by atoms with Gasteiger partial charge in [-0.05, 0) is 54.6 Å². The highest BCUT2D eigenvalue weighted by Crippen LogP contribution is 2.55. The Morgan fingerprint density at radius 2 is 1.77 bits per heavy atom. The van der Waals surface area contributed by atoms with Gasteiger partial charge in [0.15, 0.2) is 6.61 Å². The molecular weight excluding hydrogens is 643 g/mol. The molecule has 1 aromatic heterocycles. The number of anilines is 2. The van der Waals surface area contributed by atoms with Gasteiger partial charge in [-0.1, -0.05) is 46.8 Å². The van der Waals surface area contributed by atoms with E-state index >= 15 is 0 Å². The first-order valence-corrected chi connectivity index (χ1v) is 14.9. The lowest BCUT2D eigenvalue weighted by Gasteiger charge is -2.31. The third-order valence-corrected chi connectivity index (χ3v) is 9.73. The Labute approximate surface area is 259 Å². The van der Waals surface area contributed by atoms with Crippen LogP contribution in [0.1, 0.15) is 21.9 Å². The van der Waals surface area contributed by atoms with Gasteiger partial charge in [0.1, 0.15) is 16.7 Å². The number of hydrogen-bond acceptors (Lipinski definition) is 8. The van der Waals surface area contributed by atoms with Crippen LogP contribution in [-0.2, 0) is 20.6 Å². The minimum atomic E-state index is -4.84. The van der Waals surface area contributed by atoms with Crippen molar-refractivity contribution in [2.45, 2.75) is 22.4 Å². The summed E-state index contributed by atoms with van der Waals surface area (Å²) in [5, 5.41) is 11.4. The maximum absolute atomic E-state index is 14.0. The number of rotatable bonds is 6. The summed E-state index contributed by atoms with van der Waals surface area (Å²) < 4.78 is 47.6. The smallest absolute Gasteiger partial charge is 0.418 e. The van der Waals surface area contributed by atoms with Crippen LogP contribution in [0.3, 0.4) is 0 Å². The molecule has 3 N–H and O–H groups in total. The fourth-order valence-corrected chi connectivity index (χ4v) is 7.96. The zero-order valence-corrected chi connectivity index (χ0v) is 24.4. The SMILES string of the molecule is O=C(COc1ccc(Cl)cc1C1c2sc(=O)[nH]c2SC2C(=O)N(c3ccccc3C(F)(F)F)C(=O)C21)Nc1ccc(O)cc1. The van der Waals surface area contributed by atoms with E-state index in [2.05, 4.69) is 10.3 Å². The number of thioether (sulfide) groups is 1. The number of fused-ring (bicyclic) bond motifs is 2. The summed E-state index contributed by atoms with van der Waals surface area (Å²) in [4.78, 5) is 55.9. The molecule has 4 aromatic rings. The van der Waals surface area contributed by atoms with E-state index in [9.17, 15) is 37.5 Å². The number of nitrogens with zero attached hydrogens (tertiary/aromatic N) is 1. The Balaban J connectivity index is 1.38. The van der Waals surface area contributed by atoms with Crippen LogP contribution >= 0.6 is 34.7 Å². The van der Waals surface area contributed by atoms with Crippen molar-refractivity contribution in [1.29, 1.82) is 0 Å². The second-order valence-electron chi connectivity index (χ2n) is 9.84. The lowest BCUT2D eigenvalue weighted by Crippen LogP contribution is -2.33. The normalized spacial score (nSPS) is 19.5. The number of halogens is 4. The van der Waals surface area contributed by atoms with Crippen molar-refractivity contribution >= 4 is 63.8 Å². The molecule has 1 fully saturated rings. The Bertz CT molecular complexity index is 1860. The number of H-pyrrole nitrogens is 1. The van der Waals surface area contributed by atoms with Crippen molar-refractivity contribution in [1.82, 2.24) is 4.98 Å². The summed E-state index contributed by atoms with van der Waals surface area (Å²) >= 11 is 8.05. The molecule has 3 atom stereocenters. The van der Waals surface area contributed by atoms with Crippen molar-refractivity contribution in [3.05, 3.63) is 97.4 Å². The monoisotopic (exact) mass is 661 g/mol. The van der Waals surface area contributed by atoms with Crippen LogP contribution < -0.4 is 19.8 Å². The van der Waals surface area contributed by atoms with E-state index in [0.29, 0.717) is 20.5 Å². The molecule has 0 bridgehead atoms. The van der Waals surface area contributed by atoms with Gasteiger partial charge in [-0.25, -0.2) is 4.90 Å². The molecule has 6 rings (SSSR count). The predicted octanol–water partition coefficient (Wildman–Crippen LogP) is 5.63. The molecule has 44 heavy (non-hydrogen) atoms. The number of aromatic hydroxyl groups is 1. The summed E-state index contributed by atoms with van der Waals surface area (Å²) in [6.45, 7) is -0.487. The standard InChI is InChI=1S/C29H19ClF3N3O6S2/c30-13-5-10-19(42-12-20(38)34-14-6-8-15(37)9-7-14)16(11-13)21-22-24(43-25-23(21)44-28(41)35-25)27(40)36(26(22)39)18-4-2-1-3-17(18)29(31,32)33/h1-11,21-22,24,37H,12H2,(H,34,38)(H,35,41). The number of alkyl halides is 3. The van der Waals surface area contributed by atoms with Gasteiger partial charge in [-0.3, -0.25) is 19.2 Å². The lowest BCUT2D eigenvalue weighted by molar-refractivity contribution is -0.137. The van der Waals surface area contributed by atoms with E-state index in [1.807, 2.05) is 0 Å². The van der Waals surface area contributed by atoms with Gasteiger partial charge in [-0.15, -0.1) is 0 Å². The number of thiazole rings is 1. The van der Waals surface area contributed by atoms with Gasteiger partial charge in [0, 0.05) is 27.1 Å². The van der Waals surface area contributed by atoms with Gasteiger partial charge >= 0.3 is 11.0 Å². The molecule has 3 heterocycles. The average Bonchev–Trinajstić information content (AvgIpc) is 3.47. The van der Waals surface area contributed by atoms with Crippen molar-refractivity contribution in [2.75, 3.05) is 16.8 Å². The first kappa shape index (κ1) is 29.8. The quantitative estimate of drug-likeness (QED) is 0.181. The van der Waals surface area contributed by atoms with Crippen molar-refractivity contribution in [3.8, 4) is 11.5 Å². The van der Waals surface area contributed by atoms with E-state index < -0.39 is 63.7 Å². The number of aromatic nitrogens is 1. The zero-order valence-electron chi connectivity index (χ0n) is 22.1. The third kappa shape index (κ3) is 5.44. The second-order valence-corrected chi connectivity index (χ2v) is 12.4. The van der Waals surface area contributed by atoms with Crippen LogP contribution in [0.2, 0.25) is 5.02 Å². The first-order chi connectivity index (χ1) is 20.9. The Hall–Kier alpha value is -4.27. The van der Waals surface area contributed by atoms with Gasteiger partial charge in [0.25, 0.3) is 5.91 Å². The molecular formula is C29H19ClF3N3O6S2. The minimum absolute atomic E-state index is 0.0147. The number of benzene rings is 3. The highest BCUT2D eigenvalue weighted by molar-refractivity contribution is 8.00. The molecule has 226 valence electrons. The van der Waals surface area contributed by atoms with Crippen LogP contribution in [0.5, 0.6) is 11.5 Å². The van der Waals surface area contributed by atoms with Crippen LogP contribution in [0.15, 0.2) is 76.6 Å². The molecule has 2 aliphatic rings. The molecule has 3 amide bonds. The van der Waals surface area contributed by atoms with Crippen LogP contribution in [0.25, 0.3) is 0 Å². The molecule has 0 saturated carbocycles. The molecule has 3 aromatic carbocycles. The predicted molar refractivity (Wildman–Crippen MR) is 158 cm³/mol. The number of ether oxygens (including phenoxy) is 1. The molecule has 2 aliphatic heterocycles. The fraction of sp³-hybridized carbons (Fsp3) is 0.172. The Kier molecular flexibility index (Phi) is 7.68. The summed E-state index contributed by atoms with van der Waals surface area (Å²) in [6.07, 6.45) is -4.84. The van der Waals surface area contributed by atoms with Crippen molar-refractivity contribution in [2.24, 2.45) is 5.92 Å². The molecule has 15 heteroatoms. The number of imide groups is 1. The van der Waals surface area contributed by atoms with E-state index in [1.165, 1.54) is 48.5 Å². The average molecular weight is 662 g/mol. The summed E-state index contributed by atoms with van der Waals surface area (Å²) in [5.41, 5.74) is -1.06. The van der Waals surface area contributed by atoms with Gasteiger partial charge in [0.2, 0.25) is 11.8 Å². The maximum atomic E-state index is 14.0. The zero-order chi connectivity index (χ0) is 31.3. The highest BCUT2D eigenvalue weighted by atomic mass is 35.5. The topological polar surface area (TPSA) is 129 Å². The number of hydrogen-bond donors (Lipinski definition) is 3. The molecule has 3 unspecified atom stereocenters. The second kappa shape index (κ2) is 11.3. The summed E-state index contributed by atoms with van der Waals surface area (Å²) in [6, 6.07) is 14.5. The number of phenolic OH excluding ortho intramolecular Hbond substituents is 1. The third-order valence-electron chi connectivity index (χ3n) is 7.09. The number of amides is 3. The summed E-state index contributed by atoms with van der Waals surface area (Å²) in [5.74, 6) is -4.40. The molecule has 0 radical (unpaired) electrons. The van der Waals surface area contributed by atoms with Crippen molar-refractivity contribution < 1.29 is 37.4 Å². The highest BCUT2D eigenvalue weighted by Gasteiger charge is 2.57. The van der Waals surface area contributed by atoms with Gasteiger partial charge in [-0.2, -0.15) is 13.2 Å². The number of phenols is 1. The van der Waals surface area contributed by atoms with E-state index in [0.717, 1.165) is 41.3 Å². The number of nitrogens with one attached hydrogen (secondary N) is 2. The minimum Gasteiger partial charge on any atom is -0.508 e. The number of carbonyl (C=O) groups excluding carboxylic acids is 3. The lowest BCUT2D eigenvalue weighted by atomic mass is 9.82. The van der Waals surface area contributed by atoms with Crippen LogP contribution in [-0.4, -0.2) is 39.7 Å². The maximum Gasteiger partial charge on any atom is 0.418 e. The Morgan fingerprint density at radius 3 is 2.50 bits per heavy atom. The van der Waals surface area contributed by atoms with Gasteiger partial charge in [0.05, 0.1) is 22.2 Å². The van der Waals surface area contributed by atoms with Crippen LogP contribution in [0.4, 0.5) is 24.5 Å². The van der Waals surface area contributed by atoms with E-state index in [4.69, 9.17) is 16.3 Å². The Morgan fingerprint density at radius 1 is 1.05 bits per heavy atom. The summed E-state index contributed by atoms with van der Waals surface area (Å²) in [7, 11) is 0. The molecule has 9 nitrogen and oxygen atoms in total. The number of aromatic amines is 1.